The van der Waals surface area contributed by atoms with Crippen molar-refractivity contribution in [2.24, 2.45) is 28.4 Å². The fraction of sp³-hybridized carbons (Fsp3) is 0.603. The van der Waals surface area contributed by atoms with E-state index in [1.54, 1.807) is 59.5 Å². The largest absolute Gasteiger partial charge is 0.497 e. The van der Waals surface area contributed by atoms with E-state index in [0.717, 1.165) is 54.7 Å². The number of methoxy groups -OCH3 is 2. The molecule has 8 fully saturated rings. The summed E-state index contributed by atoms with van der Waals surface area (Å²) in [4.78, 5) is 108. The van der Waals surface area contributed by atoms with Crippen LogP contribution in [0.1, 0.15) is 158 Å². The number of carbonyl (C=O) groups excluding carboxylic acids is 7. The molecule has 2 aliphatic heterocycles. The Bertz CT molecular complexity index is 4130. The number of aliphatic hydroxyl groups is 1. The van der Waals surface area contributed by atoms with Crippen molar-refractivity contribution in [2.45, 2.75) is 227 Å². The van der Waals surface area contributed by atoms with Crippen LogP contribution in [-0.4, -0.2) is 180 Å². The molecule has 6 saturated carbocycles. The van der Waals surface area contributed by atoms with Crippen molar-refractivity contribution in [1.29, 1.82) is 0 Å². The predicted octanol–water partition coefficient (Wildman–Crippen LogP) is 7.52. The topological polar surface area (TPSA) is 373 Å². The molecule has 6 aliphatic carbocycles. The van der Waals surface area contributed by atoms with Gasteiger partial charge in [-0.05, 0) is 161 Å². The van der Waals surface area contributed by atoms with E-state index in [1.807, 2.05) is 71.0 Å². The molecule has 104 heavy (non-hydrogen) atoms. The predicted molar refractivity (Wildman–Crippen MR) is 395 cm³/mol. The number of aromatic nitrogens is 2. The van der Waals surface area contributed by atoms with Crippen molar-refractivity contribution in [3.05, 3.63) is 86.2 Å². The number of sulfonamides is 2. The number of nitrogens with zero attached hydrogens (tertiary/aromatic N) is 4. The number of rotatable bonds is 22. The first-order chi connectivity index (χ1) is 47.9. The van der Waals surface area contributed by atoms with E-state index in [2.05, 4.69) is 48.5 Å². The van der Waals surface area contributed by atoms with Crippen LogP contribution in [0.3, 0.4) is 0 Å². The van der Waals surface area contributed by atoms with E-state index in [9.17, 15) is 55.5 Å². The number of nitrogens with one attached hydrogen (secondary N) is 5. The maximum Gasteiger partial charge on any atom is 0.408 e. The van der Waals surface area contributed by atoms with Gasteiger partial charge in [0.05, 0.1) is 49.5 Å². The van der Waals surface area contributed by atoms with Gasteiger partial charge in [0.25, 0.3) is 11.8 Å². The van der Waals surface area contributed by atoms with Gasteiger partial charge < -0.3 is 60.3 Å². The second-order valence-corrected chi connectivity index (χ2v) is 35.2. The summed E-state index contributed by atoms with van der Waals surface area (Å²) in [6, 6.07) is 10.4. The number of pyridine rings is 2. The average molecular weight is 1530 g/mol. The molecule has 0 spiro atoms. The van der Waals surface area contributed by atoms with Crippen LogP contribution in [0.15, 0.2) is 86.2 Å². The third kappa shape index (κ3) is 18.8. The summed E-state index contributed by atoms with van der Waals surface area (Å²) in [6.45, 7) is 22.3. The SMILES string of the molecule is C=C[C@@H]1CC1(NC(=O)[C@@H]1CC(Oc2nccc3cc(OC)ccc23)CN1C(=O)[C@@H](N)C(C)(C)C)C(=O)NS(=O)(=O)C1CC1.C=C[C@@H]1CC1(NC(=O)[C@@H]1CC(Oc2nccc3cc(OC)ccc23)CN1C(=O)[C@@H](NC(=O)OC1(C)CCCC1)C(C)(C)C)C(=O)NS(=O)(=O)C1CC1.CC1(O)CCCC1.Cl.Cl. The minimum Gasteiger partial charge on any atom is -0.497 e. The number of carbonyl (C=O) groups is 7. The number of hydrogen-bond donors (Lipinski definition) is 7. The Kier molecular flexibility index (Phi) is 25.1. The summed E-state index contributed by atoms with van der Waals surface area (Å²) in [5.74, 6) is -2.87. The van der Waals surface area contributed by atoms with Gasteiger partial charge in [-0.3, -0.25) is 38.2 Å². The van der Waals surface area contributed by atoms with Crippen LogP contribution in [0.25, 0.3) is 21.5 Å². The Labute approximate surface area is 621 Å². The molecule has 4 heterocycles. The number of fused-ring (bicyclic) bond motifs is 2. The average Bonchev–Trinajstić information content (AvgIpc) is 1.58. The van der Waals surface area contributed by atoms with Gasteiger partial charge in [0.2, 0.25) is 55.4 Å². The highest BCUT2D eigenvalue weighted by Crippen LogP contribution is 2.48. The zero-order valence-corrected chi connectivity index (χ0v) is 64.1. The molecule has 0 bridgehead atoms. The van der Waals surface area contributed by atoms with Crippen molar-refractivity contribution in [1.82, 2.24) is 45.2 Å². The molecule has 2 saturated heterocycles. The molecule has 4 aromatic rings. The summed E-state index contributed by atoms with van der Waals surface area (Å²) in [6.07, 6.45) is 14.3. The Balaban J connectivity index is 0.000000239. The molecule has 0 radical (unpaired) electrons. The van der Waals surface area contributed by atoms with Crippen LogP contribution >= 0.6 is 24.8 Å². The van der Waals surface area contributed by atoms with Crippen molar-refractivity contribution >= 4 is 108 Å². The van der Waals surface area contributed by atoms with Crippen molar-refractivity contribution in [2.75, 3.05) is 27.3 Å². The Morgan fingerprint density at radius 3 is 1.38 bits per heavy atom. The molecule has 2 aromatic carbocycles. The highest BCUT2D eigenvalue weighted by Gasteiger charge is 2.64. The van der Waals surface area contributed by atoms with Gasteiger partial charge in [-0.2, -0.15) is 0 Å². The van der Waals surface area contributed by atoms with E-state index in [-0.39, 0.29) is 69.2 Å². The van der Waals surface area contributed by atoms with Crippen LogP contribution in [0.5, 0.6) is 23.3 Å². The number of ether oxygens (including phenoxy) is 5. The molecule has 4 unspecified atom stereocenters. The van der Waals surface area contributed by atoms with Gasteiger partial charge in [0.15, 0.2) is 0 Å². The van der Waals surface area contributed by atoms with Gasteiger partial charge in [-0.1, -0.05) is 66.5 Å². The standard InChI is InChI=1S/C37H49N5O9S.C30H39N5O7S.C6H12O.2ClH/c1-7-23-20-37(23,33(45)41-52(47,48)26-11-12-26)40-30(43)28-19-25(50-31-27-13-10-24(49-6)18-22(27)14-17-38-31)21-42(28)32(44)29(35(2,3)4)39-34(46)51-36(5)15-8-9-16-36;1-6-18-15-30(18,28(38)34-43(39,40)21-8-9-21)33-25(36)23-14-20(16-35(23)27(37)24(31)29(2,3)4)42-26-22-10-7-19(41-5)13-17(22)11-12-32-26;1-6(7)4-2-3-5-6;;/h7,10,13-14,17-18,23,25-26,28-29H,1,8-9,11-12,15-16,19-21H2,2-6H3,(H,39,46)(H,40,43)(H,41,45);6-7,10-13,18,20-21,23-24H,1,8-9,14-16,31H2,2-5H3,(H,33,36)(H,34,38);7H,2-5H2,1H3;2*1H/t23-,25?,28+,29-,37?;18-,20?,23+,24-,30?;;;/m11.../s1. The summed E-state index contributed by atoms with van der Waals surface area (Å²) < 4.78 is 83.9. The molecular weight excluding hydrogens is 1420 g/mol. The Morgan fingerprint density at radius 1 is 0.625 bits per heavy atom. The third-order valence-corrected chi connectivity index (χ3v) is 24.5. The first-order valence-electron chi connectivity index (χ1n) is 35.2. The van der Waals surface area contributed by atoms with Gasteiger partial charge in [-0.25, -0.2) is 31.6 Å². The van der Waals surface area contributed by atoms with Crippen LogP contribution in [0.2, 0.25) is 0 Å². The highest BCUT2D eigenvalue weighted by atomic mass is 35.5. The van der Waals surface area contributed by atoms with Crippen LogP contribution in [0, 0.1) is 22.7 Å². The fourth-order valence-electron chi connectivity index (χ4n) is 13.9. The van der Waals surface area contributed by atoms with Crippen LogP contribution in [-0.2, 0) is 53.6 Å². The molecule has 8 N–H and O–H groups in total. The van der Waals surface area contributed by atoms with Crippen LogP contribution in [0.4, 0.5) is 4.79 Å². The second-order valence-electron chi connectivity index (χ2n) is 31.3. The lowest BCUT2D eigenvalue weighted by atomic mass is 9.85. The number of nitrogens with two attached hydrogens (primary N) is 1. The molecule has 2 aromatic heterocycles. The van der Waals surface area contributed by atoms with Gasteiger partial charge in [0.1, 0.15) is 58.5 Å². The molecule has 7 amide bonds. The van der Waals surface area contributed by atoms with Gasteiger partial charge in [0, 0.05) is 47.8 Å². The normalized spacial score (nSPS) is 25.6. The van der Waals surface area contributed by atoms with Crippen molar-refractivity contribution in [3.63, 3.8) is 0 Å². The number of alkyl carbamates (subject to hydrolysis) is 1. The summed E-state index contributed by atoms with van der Waals surface area (Å²) in [5.41, 5.74) is 0.991. The Hall–Kier alpha value is -7.57. The molecule has 8 aliphatic rings. The first-order valence-corrected chi connectivity index (χ1v) is 38.3. The number of amides is 7. The van der Waals surface area contributed by atoms with E-state index < -0.39 is 148 Å². The maximum absolute atomic E-state index is 14.6. The van der Waals surface area contributed by atoms with Crippen molar-refractivity contribution < 1.29 is 79.2 Å². The first kappa shape index (κ1) is 82.1. The van der Waals surface area contributed by atoms with Gasteiger partial charge in [-0.15, -0.1) is 38.0 Å². The Morgan fingerprint density at radius 2 is 1.03 bits per heavy atom. The maximum atomic E-state index is 14.6. The lowest BCUT2D eigenvalue weighted by molar-refractivity contribution is -0.143. The second kappa shape index (κ2) is 31.9. The van der Waals surface area contributed by atoms with E-state index in [0.29, 0.717) is 54.3 Å². The monoisotopic (exact) mass is 1520 g/mol. The quantitative estimate of drug-likeness (QED) is 0.0374. The molecule has 572 valence electrons. The smallest absolute Gasteiger partial charge is 0.408 e. The fourth-order valence-corrected chi connectivity index (χ4v) is 16.6. The molecule has 27 nitrogen and oxygen atoms in total. The number of likely N-dealkylation sites (tertiary alicyclic amines) is 2. The summed E-state index contributed by atoms with van der Waals surface area (Å²) in [7, 11) is -4.58. The number of halogens is 2. The summed E-state index contributed by atoms with van der Waals surface area (Å²) >= 11 is 0. The zero-order chi connectivity index (χ0) is 74.3. The highest BCUT2D eigenvalue weighted by molar-refractivity contribution is 7.91. The molecular formula is C73H102Cl2N10O17S2. The van der Waals surface area contributed by atoms with E-state index in [4.69, 9.17) is 29.4 Å². The minimum absolute atomic E-state index is 0. The van der Waals surface area contributed by atoms with Crippen molar-refractivity contribution in [3.8, 4) is 23.3 Å². The molecule has 31 heteroatoms. The molecule has 10 atom stereocenters. The van der Waals surface area contributed by atoms with E-state index in [1.165, 1.54) is 34.8 Å². The van der Waals surface area contributed by atoms with Gasteiger partial charge >= 0.3 is 6.09 Å². The lowest BCUT2D eigenvalue weighted by Gasteiger charge is -2.36. The molecule has 12 rings (SSSR count). The third-order valence-electron chi connectivity index (χ3n) is 20.9. The van der Waals surface area contributed by atoms with E-state index >= 15 is 0 Å². The summed E-state index contributed by atoms with van der Waals surface area (Å²) in [5, 5.41) is 19.4. The lowest BCUT2D eigenvalue weighted by Crippen LogP contribution is -2.60. The minimum atomic E-state index is -3.89. The van der Waals surface area contributed by atoms with Crippen LogP contribution < -0.4 is 50.1 Å². The number of hydrogen-bond acceptors (Lipinski definition) is 20. The zero-order valence-electron chi connectivity index (χ0n) is 60.8. The number of benzene rings is 2.